The molecule has 1 fully saturated rings. The molecule has 2 nitrogen and oxygen atoms in total. The minimum absolute atomic E-state index is 0.129. The summed E-state index contributed by atoms with van der Waals surface area (Å²) in [5, 5.41) is 4.76. The molecule has 21 heavy (non-hydrogen) atoms. The quantitative estimate of drug-likeness (QED) is 0.862. The molecule has 1 atom stereocenters. The summed E-state index contributed by atoms with van der Waals surface area (Å²) in [7, 11) is 0. The van der Waals surface area contributed by atoms with Crippen LogP contribution in [0.2, 0.25) is 5.02 Å². The van der Waals surface area contributed by atoms with Gasteiger partial charge in [0.15, 0.2) is 0 Å². The maximum Gasteiger partial charge on any atom is 0.128 e. The molecule has 1 unspecified atom stereocenters. The Morgan fingerprint density at radius 2 is 2.19 bits per heavy atom. The lowest BCUT2D eigenvalue weighted by molar-refractivity contribution is 0.178. The molecule has 5 heteroatoms. The van der Waals surface area contributed by atoms with Crippen LogP contribution in [0.1, 0.15) is 30.0 Å². The Kier molecular flexibility index (Phi) is 4.60. The minimum atomic E-state index is -0.231. The van der Waals surface area contributed by atoms with Crippen molar-refractivity contribution in [2.75, 3.05) is 6.54 Å². The summed E-state index contributed by atoms with van der Waals surface area (Å²) in [6.07, 6.45) is 2.31. The van der Waals surface area contributed by atoms with Crippen LogP contribution in [0.25, 0.3) is 0 Å². The summed E-state index contributed by atoms with van der Waals surface area (Å²) >= 11 is 7.72. The molecular formula is C16H18ClFN2S. The summed E-state index contributed by atoms with van der Waals surface area (Å²) < 4.78 is 14.2. The van der Waals surface area contributed by atoms with Gasteiger partial charge in [0.2, 0.25) is 0 Å². The molecule has 0 radical (unpaired) electrons. The number of halogens is 2. The molecule has 1 aliphatic rings. The van der Waals surface area contributed by atoms with Gasteiger partial charge in [0.25, 0.3) is 0 Å². The number of nitrogens with zero attached hydrogens (tertiary/aromatic N) is 1. The second kappa shape index (κ2) is 6.44. The van der Waals surface area contributed by atoms with Crippen LogP contribution in [0.3, 0.4) is 0 Å². The van der Waals surface area contributed by atoms with E-state index in [0.29, 0.717) is 23.2 Å². The number of benzene rings is 1. The highest BCUT2D eigenvalue weighted by Crippen LogP contribution is 2.37. The summed E-state index contributed by atoms with van der Waals surface area (Å²) in [6, 6.07) is 7.19. The average Bonchev–Trinajstić information content (AvgIpc) is 3.19. The molecule has 1 aliphatic carbocycles. The molecular weight excluding hydrogens is 307 g/mol. The maximum atomic E-state index is 14.2. The minimum Gasteiger partial charge on any atom is -0.329 e. The number of thiophene rings is 1. The molecule has 1 aromatic carbocycles. The zero-order valence-corrected chi connectivity index (χ0v) is 13.2. The van der Waals surface area contributed by atoms with Crippen LogP contribution in [0.5, 0.6) is 0 Å². The molecule has 1 heterocycles. The summed E-state index contributed by atoms with van der Waals surface area (Å²) in [4.78, 5) is 2.32. The third kappa shape index (κ3) is 3.46. The first-order valence-corrected chi connectivity index (χ1v) is 8.43. The van der Waals surface area contributed by atoms with Crippen LogP contribution in [-0.2, 0) is 6.54 Å². The van der Waals surface area contributed by atoms with Crippen molar-refractivity contribution in [3.8, 4) is 0 Å². The highest BCUT2D eigenvalue weighted by atomic mass is 35.5. The fourth-order valence-corrected chi connectivity index (χ4v) is 3.54. The topological polar surface area (TPSA) is 29.3 Å². The second-order valence-corrected chi connectivity index (χ2v) is 6.67. The van der Waals surface area contributed by atoms with E-state index in [9.17, 15) is 4.39 Å². The van der Waals surface area contributed by atoms with Gasteiger partial charge in [-0.1, -0.05) is 11.6 Å². The molecule has 2 N–H and O–H groups in total. The number of hydrogen-bond acceptors (Lipinski definition) is 3. The molecule has 2 aromatic rings. The lowest BCUT2D eigenvalue weighted by Gasteiger charge is -2.31. The summed E-state index contributed by atoms with van der Waals surface area (Å²) in [5.41, 5.74) is 7.83. The van der Waals surface area contributed by atoms with Crippen molar-refractivity contribution in [1.29, 1.82) is 0 Å². The van der Waals surface area contributed by atoms with Gasteiger partial charge in [-0.2, -0.15) is 11.3 Å². The highest BCUT2D eigenvalue weighted by molar-refractivity contribution is 7.07. The van der Waals surface area contributed by atoms with E-state index in [0.717, 1.165) is 19.4 Å². The first-order chi connectivity index (χ1) is 10.2. The number of nitrogens with two attached hydrogens (primary N) is 1. The average molecular weight is 325 g/mol. The third-order valence-corrected chi connectivity index (χ3v) is 4.87. The van der Waals surface area contributed by atoms with Crippen molar-refractivity contribution in [1.82, 2.24) is 4.90 Å². The van der Waals surface area contributed by atoms with Crippen LogP contribution in [0, 0.1) is 5.82 Å². The lowest BCUT2D eigenvalue weighted by Crippen LogP contribution is -2.35. The summed E-state index contributed by atoms with van der Waals surface area (Å²) in [6.45, 7) is 1.19. The van der Waals surface area contributed by atoms with E-state index >= 15 is 0 Å². The smallest absolute Gasteiger partial charge is 0.128 e. The van der Waals surface area contributed by atoms with Gasteiger partial charge in [0.05, 0.1) is 6.04 Å². The fourth-order valence-electron chi connectivity index (χ4n) is 2.70. The second-order valence-electron chi connectivity index (χ2n) is 5.45. The molecule has 1 saturated carbocycles. The molecule has 0 bridgehead atoms. The lowest BCUT2D eigenvalue weighted by atomic mass is 10.0. The summed E-state index contributed by atoms with van der Waals surface area (Å²) in [5.74, 6) is -0.231. The van der Waals surface area contributed by atoms with Gasteiger partial charge >= 0.3 is 0 Å². The Hall–Kier alpha value is -0.940. The Balaban J connectivity index is 1.89. The molecule has 112 valence electrons. The fraction of sp³-hybridized carbons (Fsp3) is 0.375. The molecule has 0 aliphatic heterocycles. The Labute approximate surface area is 133 Å². The van der Waals surface area contributed by atoms with Crippen LogP contribution in [0.4, 0.5) is 4.39 Å². The monoisotopic (exact) mass is 324 g/mol. The van der Waals surface area contributed by atoms with Crippen molar-refractivity contribution in [2.24, 2.45) is 5.73 Å². The van der Waals surface area contributed by atoms with Crippen molar-refractivity contribution in [3.05, 3.63) is 57.0 Å². The van der Waals surface area contributed by atoms with Gasteiger partial charge in [-0.25, -0.2) is 4.39 Å². The van der Waals surface area contributed by atoms with E-state index in [1.54, 1.807) is 23.5 Å². The Morgan fingerprint density at radius 1 is 1.38 bits per heavy atom. The van der Waals surface area contributed by atoms with Gasteiger partial charge in [-0.15, -0.1) is 0 Å². The van der Waals surface area contributed by atoms with Crippen molar-refractivity contribution in [2.45, 2.75) is 31.5 Å². The SMILES string of the molecule is NCC(c1cc(Cl)ccc1F)N(Cc1ccsc1)C1CC1. The Morgan fingerprint density at radius 3 is 2.81 bits per heavy atom. The standard InChI is InChI=1S/C16H18ClFN2S/c17-12-1-4-15(18)14(7-12)16(8-19)20(13-2-3-13)9-11-5-6-21-10-11/h1,4-7,10,13,16H,2-3,8-9,19H2. The molecule has 3 rings (SSSR count). The maximum absolute atomic E-state index is 14.2. The zero-order chi connectivity index (χ0) is 14.8. The van der Waals surface area contributed by atoms with E-state index in [4.69, 9.17) is 17.3 Å². The predicted molar refractivity (Wildman–Crippen MR) is 86.1 cm³/mol. The van der Waals surface area contributed by atoms with Gasteiger partial charge in [0.1, 0.15) is 5.82 Å². The first kappa shape index (κ1) is 15.0. The molecule has 0 saturated heterocycles. The normalized spacial score (nSPS) is 16.4. The number of hydrogen-bond donors (Lipinski definition) is 1. The largest absolute Gasteiger partial charge is 0.329 e. The van der Waals surface area contributed by atoms with E-state index in [-0.39, 0.29) is 11.9 Å². The Bertz CT molecular complexity index is 598. The molecule has 1 aromatic heterocycles. The molecule has 0 spiro atoms. The van der Waals surface area contributed by atoms with E-state index in [1.165, 1.54) is 11.6 Å². The van der Waals surface area contributed by atoms with Crippen molar-refractivity contribution >= 4 is 22.9 Å². The first-order valence-electron chi connectivity index (χ1n) is 7.11. The van der Waals surface area contributed by atoms with E-state index < -0.39 is 0 Å². The van der Waals surface area contributed by atoms with Crippen LogP contribution in [-0.4, -0.2) is 17.5 Å². The van der Waals surface area contributed by atoms with Gasteiger partial charge < -0.3 is 5.73 Å². The van der Waals surface area contributed by atoms with Crippen LogP contribution in [0.15, 0.2) is 35.0 Å². The van der Waals surface area contributed by atoms with Crippen molar-refractivity contribution in [3.63, 3.8) is 0 Å². The van der Waals surface area contributed by atoms with Crippen LogP contribution < -0.4 is 5.73 Å². The number of rotatable bonds is 6. The predicted octanol–water partition coefficient (Wildman–Crippen LogP) is 4.21. The van der Waals surface area contributed by atoms with Gasteiger partial charge in [-0.05, 0) is 53.4 Å². The van der Waals surface area contributed by atoms with Crippen LogP contribution >= 0.6 is 22.9 Å². The zero-order valence-electron chi connectivity index (χ0n) is 11.6. The molecule has 0 amide bonds. The van der Waals surface area contributed by atoms with E-state index in [1.807, 2.05) is 0 Å². The third-order valence-electron chi connectivity index (χ3n) is 3.90. The van der Waals surface area contributed by atoms with Gasteiger partial charge in [0, 0.05) is 29.7 Å². The van der Waals surface area contributed by atoms with Gasteiger partial charge in [-0.3, -0.25) is 4.90 Å². The van der Waals surface area contributed by atoms with Crippen molar-refractivity contribution < 1.29 is 4.39 Å². The van der Waals surface area contributed by atoms with E-state index in [2.05, 4.69) is 21.7 Å². The highest BCUT2D eigenvalue weighted by Gasteiger charge is 2.35.